The van der Waals surface area contributed by atoms with Gasteiger partial charge in [-0.15, -0.1) is 11.3 Å². The average molecular weight is 659 g/mol. The Hall–Kier alpha value is -3.79. The van der Waals surface area contributed by atoms with Crippen LogP contribution >= 0.6 is 22.9 Å². The lowest BCUT2D eigenvalue weighted by molar-refractivity contribution is -0.119. The van der Waals surface area contributed by atoms with Crippen LogP contribution in [0, 0.1) is 5.92 Å². The molecule has 1 aliphatic carbocycles. The van der Waals surface area contributed by atoms with Gasteiger partial charge in [0.1, 0.15) is 5.78 Å². The van der Waals surface area contributed by atoms with Crippen LogP contribution in [0.3, 0.4) is 0 Å². The molecule has 0 unspecified atom stereocenters. The molecule has 1 saturated carbocycles. The number of carbonyl (C=O) groups excluding carboxylic acids is 2. The Morgan fingerprint density at radius 2 is 1.72 bits per heavy atom. The van der Waals surface area contributed by atoms with Crippen molar-refractivity contribution in [2.24, 2.45) is 5.92 Å². The molecule has 10 heteroatoms. The predicted octanol–water partition coefficient (Wildman–Crippen LogP) is 7.27. The molecule has 2 atom stereocenters. The molecule has 1 aromatic carbocycles. The zero-order valence-corrected chi connectivity index (χ0v) is 27.8. The number of rotatable bonds is 13. The fourth-order valence-electron chi connectivity index (χ4n) is 6.37. The second-order valence-electron chi connectivity index (χ2n) is 12.1. The van der Waals surface area contributed by atoms with E-state index in [-0.39, 0.29) is 11.9 Å². The topological polar surface area (TPSA) is 102 Å². The third-order valence-electron chi connectivity index (χ3n) is 8.88. The summed E-state index contributed by atoms with van der Waals surface area (Å²) in [6.07, 6.45) is 6.64. The van der Waals surface area contributed by atoms with Gasteiger partial charge >= 0.3 is 0 Å². The number of benzene rings is 1. The summed E-state index contributed by atoms with van der Waals surface area (Å²) in [7, 11) is 3.28. The zero-order chi connectivity index (χ0) is 32.0. The van der Waals surface area contributed by atoms with Crippen LogP contribution in [0.4, 0.5) is 0 Å². The Bertz CT molecular complexity index is 1720. The van der Waals surface area contributed by atoms with Crippen molar-refractivity contribution in [3.8, 4) is 44.7 Å². The van der Waals surface area contributed by atoms with Gasteiger partial charge in [0.15, 0.2) is 0 Å². The molecule has 2 N–H and O–H groups in total. The highest BCUT2D eigenvalue weighted by atomic mass is 35.5. The summed E-state index contributed by atoms with van der Waals surface area (Å²) in [6, 6.07) is 16.5. The number of hydrogen-bond donors (Lipinski definition) is 2. The lowest BCUT2D eigenvalue weighted by atomic mass is 10.0. The molecule has 4 heterocycles. The first-order valence-electron chi connectivity index (χ1n) is 15.9. The fourth-order valence-corrected chi connectivity index (χ4v) is 7.68. The summed E-state index contributed by atoms with van der Waals surface area (Å²) in [5.41, 5.74) is 6.36. The first-order valence-corrected chi connectivity index (χ1v) is 17.2. The number of aromatic nitrogens is 2. The number of pyridine rings is 2. The third-order valence-corrected chi connectivity index (χ3v) is 10.3. The highest BCUT2D eigenvalue weighted by Gasteiger charge is 2.22. The van der Waals surface area contributed by atoms with E-state index in [9.17, 15) is 9.59 Å². The van der Waals surface area contributed by atoms with Crippen LogP contribution in [-0.4, -0.2) is 48.5 Å². The molecule has 8 nitrogen and oxygen atoms in total. The fraction of sp³-hybridized carbons (Fsp3) is 0.389. The van der Waals surface area contributed by atoms with Crippen molar-refractivity contribution in [2.75, 3.05) is 20.8 Å². The van der Waals surface area contributed by atoms with Gasteiger partial charge < -0.3 is 20.1 Å². The van der Waals surface area contributed by atoms with Crippen LogP contribution in [0.25, 0.3) is 33.0 Å². The number of ketones is 1. The number of amides is 1. The Balaban J connectivity index is 1.14. The minimum absolute atomic E-state index is 0.155. The van der Waals surface area contributed by atoms with Gasteiger partial charge in [-0.25, -0.2) is 9.97 Å². The third kappa shape index (κ3) is 7.43. The van der Waals surface area contributed by atoms with Crippen LogP contribution in [-0.2, 0) is 22.6 Å². The number of carbonyl (C=O) groups is 2. The second-order valence-corrected chi connectivity index (χ2v) is 13.4. The van der Waals surface area contributed by atoms with Crippen LogP contribution in [0.1, 0.15) is 56.1 Å². The molecular formula is C36H39ClN4O4S. The summed E-state index contributed by atoms with van der Waals surface area (Å²) in [5.74, 6) is 2.11. The normalized spacial score (nSPS) is 17.8. The SMILES string of the molecule is COc1nc(-c2csc(-c3cccc(-c4ccc(CNC[C@@H]5CCC(=O)C5)c(OC)n4)c3Cl)c2)ccc1CCC[C@@H]1CCC(=O)N1. The van der Waals surface area contributed by atoms with Crippen LogP contribution in [0.15, 0.2) is 53.9 Å². The number of thiophene rings is 1. The van der Waals surface area contributed by atoms with Crippen molar-refractivity contribution < 1.29 is 19.1 Å². The van der Waals surface area contributed by atoms with Crippen LogP contribution < -0.4 is 20.1 Å². The largest absolute Gasteiger partial charge is 0.481 e. The Kier molecular flexibility index (Phi) is 10.3. The van der Waals surface area contributed by atoms with Gasteiger partial charge in [-0.1, -0.05) is 41.9 Å². The number of Topliss-reactive ketones (excluding diaryl/α,β-unsaturated/α-hetero) is 1. The van der Waals surface area contributed by atoms with Gasteiger partial charge in [0.25, 0.3) is 0 Å². The molecule has 1 amide bonds. The lowest BCUT2D eigenvalue weighted by Gasteiger charge is -2.14. The van der Waals surface area contributed by atoms with E-state index in [0.717, 1.165) is 82.7 Å². The summed E-state index contributed by atoms with van der Waals surface area (Å²) < 4.78 is 11.3. The van der Waals surface area contributed by atoms with E-state index in [1.807, 2.05) is 36.4 Å². The maximum absolute atomic E-state index is 11.6. The van der Waals surface area contributed by atoms with Gasteiger partial charge in [-0.05, 0) is 62.8 Å². The van der Waals surface area contributed by atoms with E-state index >= 15 is 0 Å². The van der Waals surface area contributed by atoms with Crippen molar-refractivity contribution in [3.63, 3.8) is 0 Å². The molecule has 2 aliphatic rings. The van der Waals surface area contributed by atoms with Gasteiger partial charge in [0, 0.05) is 69.9 Å². The molecule has 46 heavy (non-hydrogen) atoms. The van der Waals surface area contributed by atoms with Gasteiger partial charge in [0.2, 0.25) is 17.7 Å². The average Bonchev–Trinajstić information content (AvgIpc) is 3.83. The Labute approximate surface area is 278 Å². The number of aryl methyl sites for hydroxylation is 1. The van der Waals surface area contributed by atoms with Crippen molar-refractivity contribution >= 4 is 34.6 Å². The van der Waals surface area contributed by atoms with Crippen molar-refractivity contribution in [3.05, 3.63) is 70.1 Å². The molecule has 3 aromatic heterocycles. The highest BCUT2D eigenvalue weighted by Crippen LogP contribution is 2.41. The summed E-state index contributed by atoms with van der Waals surface area (Å²) in [6.45, 7) is 1.43. The quantitative estimate of drug-likeness (QED) is 0.156. The minimum atomic E-state index is 0.155. The molecule has 0 spiro atoms. The molecule has 1 saturated heterocycles. The Morgan fingerprint density at radius 1 is 0.957 bits per heavy atom. The molecule has 240 valence electrons. The standard InChI is InChI=1S/C36H39ClN4O4S/c1-44-35-23(5-3-6-26-12-16-33(43)39-26)10-14-30(40-35)25-18-32(46-21-25)29-8-4-7-28(34(29)37)31-15-11-24(36(41-31)45-2)20-38-19-22-9-13-27(42)17-22/h4,7-8,10-11,14-15,18,21-22,26,38H,3,5-6,9,12-13,16-17,19-20H2,1-2H3,(H,39,43)/t22-,26-/m1/s1. The van der Waals surface area contributed by atoms with E-state index in [2.05, 4.69) is 28.1 Å². The molecule has 2 fully saturated rings. The number of nitrogens with one attached hydrogen (secondary N) is 2. The number of hydrogen-bond acceptors (Lipinski definition) is 8. The number of methoxy groups -OCH3 is 2. The second kappa shape index (κ2) is 14.8. The smallest absolute Gasteiger partial charge is 0.220 e. The molecule has 0 bridgehead atoms. The van der Waals surface area contributed by atoms with Crippen molar-refractivity contribution in [1.29, 1.82) is 0 Å². The van der Waals surface area contributed by atoms with Gasteiger partial charge in [-0.3, -0.25) is 9.59 Å². The van der Waals surface area contributed by atoms with E-state index in [1.165, 1.54) is 0 Å². The number of halogens is 1. The first kappa shape index (κ1) is 32.2. The van der Waals surface area contributed by atoms with Gasteiger partial charge in [-0.2, -0.15) is 0 Å². The lowest BCUT2D eigenvalue weighted by Crippen LogP contribution is -2.25. The van der Waals surface area contributed by atoms with Crippen molar-refractivity contribution in [1.82, 2.24) is 20.6 Å². The number of ether oxygens (including phenoxy) is 2. The summed E-state index contributed by atoms with van der Waals surface area (Å²) >= 11 is 8.65. The molecule has 0 radical (unpaired) electrons. The van der Waals surface area contributed by atoms with E-state index in [4.69, 9.17) is 31.0 Å². The Morgan fingerprint density at radius 3 is 2.48 bits per heavy atom. The maximum atomic E-state index is 11.6. The van der Waals surface area contributed by atoms with Gasteiger partial charge in [0.05, 0.1) is 30.6 Å². The summed E-state index contributed by atoms with van der Waals surface area (Å²) in [5, 5.41) is 9.22. The molecule has 4 aromatic rings. The predicted molar refractivity (Wildman–Crippen MR) is 182 cm³/mol. The molecular weight excluding hydrogens is 620 g/mol. The molecule has 1 aliphatic heterocycles. The van der Waals surface area contributed by atoms with Crippen LogP contribution in [0.2, 0.25) is 5.02 Å². The minimum Gasteiger partial charge on any atom is -0.481 e. The molecule has 6 rings (SSSR count). The monoisotopic (exact) mass is 658 g/mol. The highest BCUT2D eigenvalue weighted by molar-refractivity contribution is 7.14. The van der Waals surface area contributed by atoms with Crippen molar-refractivity contribution in [2.45, 2.75) is 64.0 Å². The zero-order valence-electron chi connectivity index (χ0n) is 26.2. The maximum Gasteiger partial charge on any atom is 0.220 e. The van der Waals surface area contributed by atoms with Crippen LogP contribution in [0.5, 0.6) is 11.8 Å². The van der Waals surface area contributed by atoms with E-state index in [1.54, 1.807) is 25.6 Å². The summed E-state index contributed by atoms with van der Waals surface area (Å²) in [4.78, 5) is 33.7. The van der Waals surface area contributed by atoms with E-state index in [0.29, 0.717) is 54.3 Å². The van der Waals surface area contributed by atoms with E-state index < -0.39 is 0 Å². The number of nitrogens with zero attached hydrogens (tertiary/aromatic N) is 2. The first-order chi connectivity index (χ1) is 22.4.